The molecule has 5 rings (SSSR count). The molecule has 1 atom stereocenters. The SMILES string of the molecule is COc1ccccc1CCNC(=O)c1cc(-c2ccccc2)nc2c1c(C)nn2C1CCS(=O)(=O)C1. The van der Waals surface area contributed by atoms with Gasteiger partial charge < -0.3 is 10.1 Å². The topological polar surface area (TPSA) is 103 Å². The number of nitrogens with one attached hydrogen (secondary N) is 1. The first-order chi connectivity index (χ1) is 17.4. The van der Waals surface area contributed by atoms with Gasteiger partial charge in [-0.15, -0.1) is 0 Å². The number of aryl methyl sites for hydroxylation is 1. The van der Waals surface area contributed by atoms with Crippen molar-refractivity contribution in [1.29, 1.82) is 0 Å². The minimum absolute atomic E-state index is 0.0287. The minimum atomic E-state index is -3.11. The van der Waals surface area contributed by atoms with Crippen LogP contribution in [0.2, 0.25) is 0 Å². The lowest BCUT2D eigenvalue weighted by atomic mass is 10.0. The normalized spacial score (nSPS) is 16.8. The second-order valence-electron chi connectivity index (χ2n) is 9.02. The molecule has 2 aromatic heterocycles. The van der Waals surface area contributed by atoms with Crippen LogP contribution in [0.25, 0.3) is 22.3 Å². The van der Waals surface area contributed by atoms with E-state index in [0.29, 0.717) is 47.4 Å². The van der Waals surface area contributed by atoms with E-state index in [9.17, 15) is 13.2 Å². The standard InChI is InChI=1S/C27H28N4O4S/c1-18-25-22(27(32)28-14-12-20-10-6-7-11-24(20)35-2)16-23(19-8-4-3-5-9-19)29-26(25)31(30-18)21-13-15-36(33,34)17-21/h3-11,16,21H,12-15,17H2,1-2H3,(H,28,32). The van der Waals surface area contributed by atoms with E-state index in [2.05, 4.69) is 10.4 Å². The number of benzene rings is 2. The van der Waals surface area contributed by atoms with Crippen molar-refractivity contribution in [3.63, 3.8) is 0 Å². The van der Waals surface area contributed by atoms with E-state index >= 15 is 0 Å². The second-order valence-corrected chi connectivity index (χ2v) is 11.3. The summed E-state index contributed by atoms with van der Waals surface area (Å²) in [6.07, 6.45) is 1.10. The van der Waals surface area contributed by atoms with Crippen LogP contribution in [0.15, 0.2) is 60.7 Å². The third kappa shape index (κ3) is 4.70. The average molecular weight is 505 g/mol. The highest BCUT2D eigenvalue weighted by Gasteiger charge is 2.32. The fourth-order valence-electron chi connectivity index (χ4n) is 4.79. The van der Waals surface area contributed by atoms with Crippen LogP contribution in [-0.4, -0.2) is 54.2 Å². The fourth-order valence-corrected chi connectivity index (χ4v) is 6.48. The molecular weight excluding hydrogens is 476 g/mol. The molecule has 8 nitrogen and oxygen atoms in total. The van der Waals surface area contributed by atoms with Crippen molar-refractivity contribution in [3.8, 4) is 17.0 Å². The van der Waals surface area contributed by atoms with Crippen LogP contribution in [-0.2, 0) is 16.3 Å². The maximum absolute atomic E-state index is 13.5. The molecule has 1 unspecified atom stereocenters. The summed E-state index contributed by atoms with van der Waals surface area (Å²) < 4.78 is 31.5. The molecule has 1 fully saturated rings. The average Bonchev–Trinajstić information content (AvgIpc) is 3.42. The lowest BCUT2D eigenvalue weighted by Crippen LogP contribution is -2.26. The predicted molar refractivity (Wildman–Crippen MR) is 139 cm³/mol. The number of carbonyl (C=O) groups excluding carboxylic acids is 1. The molecule has 1 N–H and O–H groups in total. The number of methoxy groups -OCH3 is 1. The summed E-state index contributed by atoms with van der Waals surface area (Å²) in [6, 6.07) is 18.9. The molecule has 0 saturated carbocycles. The van der Waals surface area contributed by atoms with Gasteiger partial charge in [0.2, 0.25) is 0 Å². The molecule has 0 radical (unpaired) electrons. The highest BCUT2D eigenvalue weighted by Crippen LogP contribution is 2.32. The summed E-state index contributed by atoms with van der Waals surface area (Å²) in [5, 5.41) is 8.34. The maximum Gasteiger partial charge on any atom is 0.252 e. The Kier molecular flexibility index (Phi) is 6.49. The minimum Gasteiger partial charge on any atom is -0.496 e. The number of para-hydroxylation sites is 1. The lowest BCUT2D eigenvalue weighted by Gasteiger charge is -2.13. The van der Waals surface area contributed by atoms with E-state index in [1.54, 1.807) is 17.9 Å². The van der Waals surface area contributed by atoms with Crippen LogP contribution >= 0.6 is 0 Å². The highest BCUT2D eigenvalue weighted by molar-refractivity contribution is 7.91. The molecule has 1 saturated heterocycles. The van der Waals surface area contributed by atoms with Gasteiger partial charge in [-0.05, 0) is 37.5 Å². The Bertz CT molecular complexity index is 1530. The molecule has 0 bridgehead atoms. The molecule has 0 spiro atoms. The van der Waals surface area contributed by atoms with Crippen LogP contribution in [0.5, 0.6) is 5.75 Å². The molecule has 1 aliphatic heterocycles. The van der Waals surface area contributed by atoms with Crippen molar-refractivity contribution in [1.82, 2.24) is 20.1 Å². The Labute approximate surface area is 210 Å². The molecular formula is C27H28N4O4S. The van der Waals surface area contributed by atoms with E-state index in [4.69, 9.17) is 9.72 Å². The van der Waals surface area contributed by atoms with Crippen LogP contribution in [0.4, 0.5) is 0 Å². The Morgan fingerprint density at radius 2 is 1.89 bits per heavy atom. The number of hydrogen-bond acceptors (Lipinski definition) is 6. The molecule has 186 valence electrons. The van der Waals surface area contributed by atoms with Crippen molar-refractivity contribution in [2.24, 2.45) is 0 Å². The van der Waals surface area contributed by atoms with E-state index in [-0.39, 0.29) is 23.5 Å². The zero-order valence-electron chi connectivity index (χ0n) is 20.3. The van der Waals surface area contributed by atoms with Crippen molar-refractivity contribution in [2.75, 3.05) is 25.2 Å². The molecule has 9 heteroatoms. The van der Waals surface area contributed by atoms with Gasteiger partial charge in [-0.1, -0.05) is 48.5 Å². The second kappa shape index (κ2) is 9.73. The monoisotopic (exact) mass is 504 g/mol. The zero-order chi connectivity index (χ0) is 25.3. The fraction of sp³-hybridized carbons (Fsp3) is 0.296. The number of carbonyl (C=O) groups is 1. The molecule has 0 aliphatic carbocycles. The van der Waals surface area contributed by atoms with Gasteiger partial charge in [0.25, 0.3) is 5.91 Å². The van der Waals surface area contributed by atoms with Gasteiger partial charge in [-0.25, -0.2) is 18.1 Å². The van der Waals surface area contributed by atoms with E-state index in [0.717, 1.165) is 16.9 Å². The van der Waals surface area contributed by atoms with Gasteiger partial charge in [0, 0.05) is 12.1 Å². The smallest absolute Gasteiger partial charge is 0.252 e. The summed E-state index contributed by atoms with van der Waals surface area (Å²) >= 11 is 0. The first kappa shape index (κ1) is 24.0. The van der Waals surface area contributed by atoms with Gasteiger partial charge in [0.05, 0.1) is 47.0 Å². The van der Waals surface area contributed by atoms with Crippen LogP contribution in [0, 0.1) is 6.92 Å². The van der Waals surface area contributed by atoms with E-state index in [1.807, 2.05) is 61.5 Å². The number of sulfone groups is 1. The first-order valence-electron chi connectivity index (χ1n) is 11.9. The largest absolute Gasteiger partial charge is 0.496 e. The third-order valence-electron chi connectivity index (χ3n) is 6.58. The van der Waals surface area contributed by atoms with Crippen molar-refractivity contribution in [2.45, 2.75) is 25.8 Å². The first-order valence-corrected chi connectivity index (χ1v) is 13.7. The summed E-state index contributed by atoms with van der Waals surface area (Å²) in [5.41, 5.74) is 4.18. The number of fused-ring (bicyclic) bond motifs is 1. The molecule has 1 aliphatic rings. The Morgan fingerprint density at radius 1 is 1.14 bits per heavy atom. The number of hydrogen-bond donors (Lipinski definition) is 1. The number of ether oxygens (including phenoxy) is 1. The number of rotatable bonds is 7. The predicted octanol–water partition coefficient (Wildman–Crippen LogP) is 3.75. The van der Waals surface area contributed by atoms with Crippen LogP contribution in [0.1, 0.15) is 34.1 Å². The Hall–Kier alpha value is -3.72. The third-order valence-corrected chi connectivity index (χ3v) is 8.33. The number of amides is 1. The molecule has 1 amide bonds. The van der Waals surface area contributed by atoms with E-state index < -0.39 is 9.84 Å². The van der Waals surface area contributed by atoms with Gasteiger partial charge in [-0.3, -0.25) is 4.79 Å². The van der Waals surface area contributed by atoms with Gasteiger partial charge in [0.1, 0.15) is 5.75 Å². The van der Waals surface area contributed by atoms with Crippen molar-refractivity contribution < 1.29 is 17.9 Å². The number of nitrogens with zero attached hydrogens (tertiary/aromatic N) is 3. The van der Waals surface area contributed by atoms with Crippen LogP contribution < -0.4 is 10.1 Å². The van der Waals surface area contributed by atoms with Gasteiger partial charge >= 0.3 is 0 Å². The number of pyridine rings is 1. The molecule has 3 heterocycles. The van der Waals surface area contributed by atoms with Gasteiger partial charge in [-0.2, -0.15) is 5.10 Å². The number of aromatic nitrogens is 3. The quantitative estimate of drug-likeness (QED) is 0.411. The zero-order valence-corrected chi connectivity index (χ0v) is 21.1. The van der Waals surface area contributed by atoms with Gasteiger partial charge in [0.15, 0.2) is 15.5 Å². The summed E-state index contributed by atoms with van der Waals surface area (Å²) in [5.74, 6) is 0.720. The molecule has 2 aromatic carbocycles. The lowest BCUT2D eigenvalue weighted by molar-refractivity contribution is 0.0955. The summed E-state index contributed by atoms with van der Waals surface area (Å²) in [4.78, 5) is 18.3. The summed E-state index contributed by atoms with van der Waals surface area (Å²) in [6.45, 7) is 2.26. The van der Waals surface area contributed by atoms with Crippen LogP contribution in [0.3, 0.4) is 0 Å². The molecule has 36 heavy (non-hydrogen) atoms. The highest BCUT2D eigenvalue weighted by atomic mass is 32.2. The summed E-state index contributed by atoms with van der Waals surface area (Å²) in [7, 11) is -1.48. The maximum atomic E-state index is 13.5. The Morgan fingerprint density at radius 3 is 2.61 bits per heavy atom. The molecule has 4 aromatic rings. The van der Waals surface area contributed by atoms with Crippen molar-refractivity contribution >= 4 is 26.8 Å². The Balaban J connectivity index is 1.52. The van der Waals surface area contributed by atoms with E-state index in [1.165, 1.54) is 0 Å². The van der Waals surface area contributed by atoms with Crippen molar-refractivity contribution in [3.05, 3.63) is 77.5 Å².